The zero-order chi connectivity index (χ0) is 35.1. The molecule has 0 aliphatic carbocycles. The van der Waals surface area contributed by atoms with Gasteiger partial charge in [-0.2, -0.15) is 0 Å². The molecule has 0 bridgehead atoms. The van der Waals surface area contributed by atoms with Crippen molar-refractivity contribution in [2.45, 2.75) is 0 Å². The highest BCUT2D eigenvalue weighted by Gasteiger charge is 2.55. The van der Waals surface area contributed by atoms with Crippen LogP contribution in [0.3, 0.4) is 0 Å². The van der Waals surface area contributed by atoms with E-state index in [0.717, 1.165) is 0 Å². The molecule has 0 unspecified atom stereocenters. The molecule has 4 heterocycles. The first-order chi connectivity index (χ1) is 26.8. The molecule has 0 atom stereocenters. The van der Waals surface area contributed by atoms with Gasteiger partial charge in [0.15, 0.2) is 15.4 Å². The summed E-state index contributed by atoms with van der Waals surface area (Å²) in [6.07, 6.45) is 0. The minimum Gasteiger partial charge on any atom is -0.354 e. The molecule has 54 heavy (non-hydrogen) atoms. The number of para-hydroxylation sites is 3. The van der Waals surface area contributed by atoms with Crippen molar-refractivity contribution in [1.29, 1.82) is 0 Å². The lowest BCUT2D eigenvalue weighted by atomic mass is 9.57. The molecule has 3 aliphatic rings. The summed E-state index contributed by atoms with van der Waals surface area (Å²) >= 11 is 0. The van der Waals surface area contributed by atoms with Crippen molar-refractivity contribution in [3.63, 3.8) is 0 Å². The van der Waals surface area contributed by atoms with Gasteiger partial charge in [-0.1, -0.05) is 157 Å². The number of nitrogens with zero attached hydrogens (tertiary/aromatic N) is 1. The fourth-order valence-electron chi connectivity index (χ4n) is 10.5. The van der Waals surface area contributed by atoms with Crippen molar-refractivity contribution >= 4 is 107 Å². The van der Waals surface area contributed by atoms with E-state index in [-0.39, 0.29) is 0 Å². The maximum atomic E-state index is 3.90. The Morgan fingerprint density at radius 2 is 1.04 bits per heavy atom. The molecule has 10 aromatic rings. The highest BCUT2D eigenvalue weighted by atomic mass is 28.3. The monoisotopic (exact) mass is 697 g/mol. The van der Waals surface area contributed by atoms with Gasteiger partial charge in [0.25, 0.3) is 0 Å². The summed E-state index contributed by atoms with van der Waals surface area (Å²) in [6.45, 7) is 0. The predicted molar refractivity (Wildman–Crippen MR) is 232 cm³/mol. The number of aromatic nitrogens is 1. The average molecular weight is 698 g/mol. The molecule has 1 radical (unpaired) electrons. The van der Waals surface area contributed by atoms with E-state index < -0.39 is 8.07 Å². The van der Waals surface area contributed by atoms with E-state index in [9.17, 15) is 0 Å². The minimum absolute atomic E-state index is 1.17. The zero-order valence-electron chi connectivity index (χ0n) is 29.3. The fourth-order valence-corrected chi connectivity index (χ4v) is 16.0. The van der Waals surface area contributed by atoms with Gasteiger partial charge in [0.2, 0.25) is 0 Å². The Balaban J connectivity index is 1.14. The predicted octanol–water partition coefficient (Wildman–Crippen LogP) is 8.40. The molecule has 247 valence electrons. The third-order valence-electron chi connectivity index (χ3n) is 12.6. The smallest absolute Gasteiger partial charge is 0.197 e. The maximum absolute atomic E-state index is 3.90. The Morgan fingerprint density at radius 3 is 1.85 bits per heavy atom. The van der Waals surface area contributed by atoms with Gasteiger partial charge in [0.05, 0.1) is 5.52 Å². The Labute approximate surface area is 314 Å². The summed E-state index contributed by atoms with van der Waals surface area (Å²) in [6, 6.07) is 66.4. The second kappa shape index (κ2) is 10.3. The molecule has 0 saturated carbocycles. The van der Waals surface area contributed by atoms with E-state index in [1.54, 1.807) is 0 Å². The molecule has 1 N–H and O–H groups in total. The molecule has 4 heteroatoms. The van der Waals surface area contributed by atoms with Crippen molar-refractivity contribution in [3.8, 4) is 22.3 Å². The van der Waals surface area contributed by atoms with E-state index in [2.05, 4.69) is 193 Å². The van der Waals surface area contributed by atoms with E-state index in [4.69, 9.17) is 0 Å². The number of fused-ring (bicyclic) bond motifs is 17. The van der Waals surface area contributed by atoms with E-state index in [1.165, 1.54) is 114 Å². The Morgan fingerprint density at radius 1 is 0.426 bits per heavy atom. The van der Waals surface area contributed by atoms with Gasteiger partial charge < -0.3 is 9.88 Å². The van der Waals surface area contributed by atoms with Gasteiger partial charge >= 0.3 is 0 Å². The third-order valence-corrected chi connectivity index (χ3v) is 17.5. The molecule has 0 fully saturated rings. The number of hydrogen-bond acceptors (Lipinski definition) is 1. The van der Waals surface area contributed by atoms with Crippen LogP contribution in [0.2, 0.25) is 0 Å². The van der Waals surface area contributed by atoms with Crippen molar-refractivity contribution in [3.05, 3.63) is 176 Å². The minimum atomic E-state index is -2.67. The summed E-state index contributed by atoms with van der Waals surface area (Å²) in [7, 11) is -0.176. The molecular weight excluding hydrogens is 667 g/mol. The maximum Gasteiger partial charge on any atom is 0.197 e. The normalized spacial score (nSPS) is 14.2. The highest BCUT2D eigenvalue weighted by Crippen LogP contribution is 2.46. The molecule has 13 rings (SSSR count). The average Bonchev–Trinajstić information content (AvgIpc) is 3.74. The molecule has 2 nitrogen and oxygen atoms in total. The van der Waals surface area contributed by atoms with E-state index in [0.29, 0.717) is 0 Å². The Bertz CT molecular complexity index is 3240. The summed E-state index contributed by atoms with van der Waals surface area (Å²) in [5.41, 5.74) is 14.0. The third kappa shape index (κ3) is 3.48. The van der Waals surface area contributed by atoms with Crippen LogP contribution >= 0.6 is 0 Å². The van der Waals surface area contributed by atoms with Crippen LogP contribution in [0.5, 0.6) is 0 Å². The van der Waals surface area contributed by atoms with Crippen LogP contribution in [0.15, 0.2) is 176 Å². The summed E-state index contributed by atoms with van der Waals surface area (Å²) in [5.74, 6) is 0. The van der Waals surface area contributed by atoms with Crippen LogP contribution in [0, 0.1) is 0 Å². The van der Waals surface area contributed by atoms with Crippen molar-refractivity contribution in [1.82, 2.24) is 4.98 Å². The Kier molecular flexibility index (Phi) is 5.50. The molecule has 9 aromatic carbocycles. The van der Waals surface area contributed by atoms with Gasteiger partial charge in [-0.25, -0.2) is 0 Å². The topological polar surface area (TPSA) is 19.0 Å². The van der Waals surface area contributed by atoms with E-state index >= 15 is 0 Å². The molecule has 3 aliphatic heterocycles. The Hall–Kier alpha value is -6.62. The first-order valence-electron chi connectivity index (χ1n) is 18.9. The number of nitrogens with one attached hydrogen (secondary N) is 1. The number of aromatic amines is 1. The summed E-state index contributed by atoms with van der Waals surface area (Å²) in [4.78, 5) is 6.54. The summed E-state index contributed by atoms with van der Waals surface area (Å²) in [5, 5.41) is 13.4. The number of H-pyrrole nitrogens is 1. The number of anilines is 3. The van der Waals surface area contributed by atoms with Gasteiger partial charge in [-0.3, -0.25) is 0 Å². The van der Waals surface area contributed by atoms with Crippen LogP contribution in [0.4, 0.5) is 17.1 Å². The number of hydrogen-bond donors (Lipinski definition) is 1. The van der Waals surface area contributed by atoms with Crippen molar-refractivity contribution in [2.24, 2.45) is 0 Å². The standard InChI is InChI=1S/C50H30BN2Si/c1-2-14-31-29-41-38(27-30(31)13-1)36-19-11-20-37(48(36)52-41)39-28-32-15-3-4-16-33(32)49-47(39)51-40-21-12-26-46-50(40)53(49)42-22-7-10-25-45(42)54(46)43-23-8-5-17-34(43)35-18-6-9-24-44(35)54/h1-29,52H. The SMILES string of the molecule is [B]1c2cccc3c2N(c2ccccc2[Si]32c3ccccc3-c3ccccc32)c2c1c(-c1cccc3c1[nH]c1cc4ccccc4cc13)cc1ccccc21. The molecule has 1 spiro atoms. The molecular formula is C50H30BN2Si. The lowest BCUT2D eigenvalue weighted by molar-refractivity contribution is 1.32. The number of rotatable bonds is 1. The van der Waals surface area contributed by atoms with Gasteiger partial charge in [0, 0.05) is 44.3 Å². The van der Waals surface area contributed by atoms with Gasteiger partial charge in [-0.15, -0.1) is 0 Å². The van der Waals surface area contributed by atoms with Crippen LogP contribution < -0.4 is 36.6 Å². The first kappa shape index (κ1) is 28.9. The van der Waals surface area contributed by atoms with Crippen molar-refractivity contribution in [2.75, 3.05) is 4.90 Å². The van der Waals surface area contributed by atoms with E-state index in [1.807, 2.05) is 0 Å². The molecule has 0 amide bonds. The number of benzene rings is 9. The fraction of sp³-hybridized carbons (Fsp3) is 0. The van der Waals surface area contributed by atoms with Gasteiger partial charge in [-0.05, 0) is 83.3 Å². The largest absolute Gasteiger partial charge is 0.354 e. The van der Waals surface area contributed by atoms with Crippen LogP contribution in [-0.2, 0) is 0 Å². The van der Waals surface area contributed by atoms with Gasteiger partial charge in [0.1, 0.15) is 0 Å². The highest BCUT2D eigenvalue weighted by molar-refractivity contribution is 7.23. The van der Waals surface area contributed by atoms with Crippen molar-refractivity contribution < 1.29 is 0 Å². The van der Waals surface area contributed by atoms with Crippen LogP contribution in [-0.4, -0.2) is 20.3 Å². The van der Waals surface area contributed by atoms with Crippen LogP contribution in [0.1, 0.15) is 0 Å². The zero-order valence-corrected chi connectivity index (χ0v) is 30.3. The lowest BCUT2D eigenvalue weighted by Crippen LogP contribution is -2.76. The summed E-state index contributed by atoms with van der Waals surface area (Å²) < 4.78 is 0. The second-order valence-corrected chi connectivity index (χ2v) is 18.7. The molecule has 1 aromatic heterocycles. The lowest BCUT2D eigenvalue weighted by Gasteiger charge is -2.47. The van der Waals surface area contributed by atoms with Crippen LogP contribution in [0.25, 0.3) is 65.6 Å². The first-order valence-corrected chi connectivity index (χ1v) is 20.9. The second-order valence-electron chi connectivity index (χ2n) is 15.1. The quantitative estimate of drug-likeness (QED) is 0.171. The molecule has 0 saturated heterocycles.